The summed E-state index contributed by atoms with van der Waals surface area (Å²) in [6.07, 6.45) is 3.31. The molecule has 1 aromatic rings. The average Bonchev–Trinajstić information content (AvgIpc) is 2.01. The summed E-state index contributed by atoms with van der Waals surface area (Å²) in [6, 6.07) is 1.83. The molecule has 3 heteroatoms. The second kappa shape index (κ2) is 3.78. The number of nitrogens with one attached hydrogen (secondary N) is 1. The molecule has 76 valence electrons. The maximum Gasteiger partial charge on any atom is 0.253 e. The molecule has 0 aliphatic rings. The summed E-state index contributed by atoms with van der Waals surface area (Å²) in [6.45, 7) is 7.78. The molecular weight excluding hydrogens is 176 g/mol. The van der Waals surface area contributed by atoms with E-state index in [1.165, 1.54) is 0 Å². The number of pyridine rings is 1. The number of carbonyl (C=O) groups excluding carboxylic acids is 1. The second-order valence-corrected chi connectivity index (χ2v) is 4.46. The third kappa shape index (κ3) is 3.17. The van der Waals surface area contributed by atoms with Crippen LogP contribution in [0.1, 0.15) is 36.7 Å². The lowest BCUT2D eigenvalue weighted by atomic mass is 10.1. The van der Waals surface area contributed by atoms with Crippen molar-refractivity contribution >= 4 is 5.91 Å². The van der Waals surface area contributed by atoms with Gasteiger partial charge in [0.1, 0.15) is 0 Å². The van der Waals surface area contributed by atoms with Crippen LogP contribution in [0.25, 0.3) is 0 Å². The van der Waals surface area contributed by atoms with E-state index in [4.69, 9.17) is 0 Å². The molecule has 1 amide bonds. The normalized spacial score (nSPS) is 11.1. The predicted molar refractivity (Wildman–Crippen MR) is 56.2 cm³/mol. The highest BCUT2D eigenvalue weighted by molar-refractivity contribution is 5.94. The zero-order valence-electron chi connectivity index (χ0n) is 9.09. The van der Waals surface area contributed by atoms with Crippen LogP contribution in [0.3, 0.4) is 0 Å². The zero-order valence-corrected chi connectivity index (χ0v) is 9.09. The molecule has 1 aromatic heterocycles. The van der Waals surface area contributed by atoms with Gasteiger partial charge in [-0.25, -0.2) is 0 Å². The number of amides is 1. The summed E-state index contributed by atoms with van der Waals surface area (Å²) in [5.74, 6) is -0.0753. The summed E-state index contributed by atoms with van der Waals surface area (Å²) < 4.78 is 0. The second-order valence-electron chi connectivity index (χ2n) is 4.46. The van der Waals surface area contributed by atoms with Gasteiger partial charge in [-0.15, -0.1) is 0 Å². The molecule has 0 saturated carbocycles. The number of carbonyl (C=O) groups is 1. The van der Waals surface area contributed by atoms with Crippen molar-refractivity contribution in [3.63, 3.8) is 0 Å². The smallest absolute Gasteiger partial charge is 0.253 e. The van der Waals surface area contributed by atoms with Crippen molar-refractivity contribution in [2.75, 3.05) is 0 Å². The van der Waals surface area contributed by atoms with Crippen LogP contribution in [0, 0.1) is 6.92 Å². The van der Waals surface area contributed by atoms with Crippen molar-refractivity contribution in [1.82, 2.24) is 10.3 Å². The minimum Gasteiger partial charge on any atom is -0.347 e. The highest BCUT2D eigenvalue weighted by atomic mass is 16.1. The molecule has 0 spiro atoms. The van der Waals surface area contributed by atoms with Gasteiger partial charge in [-0.2, -0.15) is 0 Å². The van der Waals surface area contributed by atoms with Crippen LogP contribution in [0.15, 0.2) is 18.5 Å². The van der Waals surface area contributed by atoms with Crippen LogP contribution < -0.4 is 5.32 Å². The molecule has 0 bridgehead atoms. The molecule has 1 rings (SSSR count). The quantitative estimate of drug-likeness (QED) is 0.738. The number of rotatable bonds is 1. The third-order valence-electron chi connectivity index (χ3n) is 1.63. The van der Waals surface area contributed by atoms with Gasteiger partial charge >= 0.3 is 0 Å². The Hall–Kier alpha value is -1.38. The Morgan fingerprint density at radius 2 is 2.00 bits per heavy atom. The Morgan fingerprint density at radius 1 is 1.36 bits per heavy atom. The summed E-state index contributed by atoms with van der Waals surface area (Å²) >= 11 is 0. The Labute approximate surface area is 84.6 Å². The Kier molecular flexibility index (Phi) is 2.89. The van der Waals surface area contributed by atoms with Gasteiger partial charge in [0.2, 0.25) is 0 Å². The first kappa shape index (κ1) is 10.7. The van der Waals surface area contributed by atoms with Gasteiger partial charge in [-0.1, -0.05) is 0 Å². The van der Waals surface area contributed by atoms with E-state index >= 15 is 0 Å². The third-order valence-corrected chi connectivity index (χ3v) is 1.63. The van der Waals surface area contributed by atoms with Crippen molar-refractivity contribution in [2.24, 2.45) is 0 Å². The maximum atomic E-state index is 11.7. The van der Waals surface area contributed by atoms with Gasteiger partial charge in [0.15, 0.2) is 0 Å². The van der Waals surface area contributed by atoms with Crippen LogP contribution in [0.4, 0.5) is 0 Å². The van der Waals surface area contributed by atoms with Gasteiger partial charge < -0.3 is 5.32 Å². The van der Waals surface area contributed by atoms with Gasteiger partial charge in [0, 0.05) is 17.9 Å². The SMILES string of the molecule is Cc1cncc(C(=O)NC(C)(C)C)c1. The van der Waals surface area contributed by atoms with Crippen molar-refractivity contribution in [3.8, 4) is 0 Å². The standard InChI is InChI=1S/C11H16N2O/c1-8-5-9(7-12-6-8)10(14)13-11(2,3)4/h5-7H,1-4H3,(H,13,14). The summed E-state index contributed by atoms with van der Waals surface area (Å²) in [5.41, 5.74) is 1.40. The minimum atomic E-state index is -0.208. The fourth-order valence-corrected chi connectivity index (χ4v) is 1.09. The molecule has 0 atom stereocenters. The van der Waals surface area contributed by atoms with Crippen LogP contribution in [-0.4, -0.2) is 16.4 Å². The molecule has 0 fully saturated rings. The molecule has 0 unspecified atom stereocenters. The number of nitrogens with zero attached hydrogens (tertiary/aromatic N) is 1. The van der Waals surface area contributed by atoms with Crippen LogP contribution in [0.5, 0.6) is 0 Å². The average molecular weight is 192 g/mol. The molecule has 3 nitrogen and oxygen atoms in total. The first-order valence-corrected chi connectivity index (χ1v) is 4.63. The molecular formula is C11H16N2O. The van der Waals surface area contributed by atoms with E-state index in [2.05, 4.69) is 10.3 Å². The summed E-state index contributed by atoms with van der Waals surface area (Å²) in [7, 11) is 0. The maximum absolute atomic E-state index is 11.7. The van der Waals surface area contributed by atoms with Gasteiger partial charge in [0.25, 0.3) is 5.91 Å². The Morgan fingerprint density at radius 3 is 2.50 bits per heavy atom. The lowest BCUT2D eigenvalue weighted by molar-refractivity contribution is 0.0919. The van der Waals surface area contributed by atoms with Gasteiger partial charge in [-0.3, -0.25) is 9.78 Å². The topological polar surface area (TPSA) is 42.0 Å². The molecule has 1 heterocycles. The van der Waals surface area contributed by atoms with E-state index in [-0.39, 0.29) is 11.4 Å². The van der Waals surface area contributed by atoms with Gasteiger partial charge in [-0.05, 0) is 39.3 Å². The highest BCUT2D eigenvalue weighted by Crippen LogP contribution is 2.05. The molecule has 0 saturated heterocycles. The number of hydrogen-bond acceptors (Lipinski definition) is 2. The summed E-state index contributed by atoms with van der Waals surface area (Å²) in [4.78, 5) is 15.6. The molecule has 0 aromatic carbocycles. The first-order valence-electron chi connectivity index (χ1n) is 4.63. The largest absolute Gasteiger partial charge is 0.347 e. The lowest BCUT2D eigenvalue weighted by Gasteiger charge is -2.20. The predicted octanol–water partition coefficient (Wildman–Crippen LogP) is 1.92. The van der Waals surface area contributed by atoms with Crippen LogP contribution in [0.2, 0.25) is 0 Å². The number of aryl methyl sites for hydroxylation is 1. The van der Waals surface area contributed by atoms with E-state index in [1.54, 1.807) is 12.4 Å². The minimum absolute atomic E-state index is 0.0753. The fourth-order valence-electron chi connectivity index (χ4n) is 1.09. The monoisotopic (exact) mass is 192 g/mol. The summed E-state index contributed by atoms with van der Waals surface area (Å²) in [5, 5.41) is 2.88. The zero-order chi connectivity index (χ0) is 10.8. The van der Waals surface area contributed by atoms with E-state index in [9.17, 15) is 4.79 Å². The lowest BCUT2D eigenvalue weighted by Crippen LogP contribution is -2.40. The van der Waals surface area contributed by atoms with E-state index in [0.29, 0.717) is 5.56 Å². The van der Waals surface area contributed by atoms with Crippen molar-refractivity contribution < 1.29 is 4.79 Å². The molecule has 1 N–H and O–H groups in total. The van der Waals surface area contributed by atoms with Crippen molar-refractivity contribution in [1.29, 1.82) is 0 Å². The first-order chi connectivity index (χ1) is 6.38. The van der Waals surface area contributed by atoms with Crippen molar-refractivity contribution in [2.45, 2.75) is 33.2 Å². The number of hydrogen-bond donors (Lipinski definition) is 1. The van der Waals surface area contributed by atoms with Gasteiger partial charge in [0.05, 0.1) is 5.56 Å². The number of aromatic nitrogens is 1. The highest BCUT2D eigenvalue weighted by Gasteiger charge is 2.15. The molecule has 0 radical (unpaired) electrons. The molecule has 14 heavy (non-hydrogen) atoms. The van der Waals surface area contributed by atoms with Crippen molar-refractivity contribution in [3.05, 3.63) is 29.6 Å². The Bertz CT molecular complexity index is 339. The van der Waals surface area contributed by atoms with E-state index < -0.39 is 0 Å². The van der Waals surface area contributed by atoms with E-state index in [1.807, 2.05) is 33.8 Å². The van der Waals surface area contributed by atoms with Crippen LogP contribution >= 0.6 is 0 Å². The Balaban J connectivity index is 2.80. The van der Waals surface area contributed by atoms with Crippen LogP contribution in [-0.2, 0) is 0 Å². The molecule has 0 aliphatic carbocycles. The van der Waals surface area contributed by atoms with E-state index in [0.717, 1.165) is 5.56 Å². The molecule has 0 aliphatic heterocycles. The fraction of sp³-hybridized carbons (Fsp3) is 0.455.